The number of isocyanates is 2. The summed E-state index contributed by atoms with van der Waals surface area (Å²) in [4.78, 5) is 27.2. The maximum atomic E-state index is 9.99. The van der Waals surface area contributed by atoms with Gasteiger partial charge in [-0.25, -0.2) is 19.6 Å². The van der Waals surface area contributed by atoms with Crippen LogP contribution in [0.2, 0.25) is 0 Å². The molecular formula is C26H46N2O2. The van der Waals surface area contributed by atoms with Crippen LogP contribution in [0.25, 0.3) is 0 Å². The van der Waals surface area contributed by atoms with Crippen molar-refractivity contribution in [2.24, 2.45) is 21.8 Å². The van der Waals surface area contributed by atoms with Crippen LogP contribution in [-0.2, 0) is 9.59 Å². The van der Waals surface area contributed by atoms with Crippen LogP contribution < -0.4 is 0 Å². The molecule has 0 aromatic heterocycles. The molecule has 1 rings (SSSR count). The Hall–Kier alpha value is -1.24. The molecule has 0 aliphatic heterocycles. The van der Waals surface area contributed by atoms with E-state index in [1.807, 2.05) is 0 Å². The van der Waals surface area contributed by atoms with Crippen LogP contribution in [0.15, 0.2) is 9.98 Å². The Morgan fingerprint density at radius 3 is 1.30 bits per heavy atom. The molecule has 4 nitrogen and oxygen atoms in total. The zero-order valence-corrected chi connectivity index (χ0v) is 19.4. The summed E-state index contributed by atoms with van der Waals surface area (Å²) < 4.78 is 0. The Labute approximate surface area is 185 Å². The number of aliphatic imine (C=N–C) groups is 2. The third-order valence-electron chi connectivity index (χ3n) is 6.79. The minimum absolute atomic E-state index is 0.658. The van der Waals surface area contributed by atoms with Crippen molar-refractivity contribution < 1.29 is 9.59 Å². The first-order valence-corrected chi connectivity index (χ1v) is 12.9. The summed E-state index contributed by atoms with van der Waals surface area (Å²) in [5.74, 6) is 2.00. The average Bonchev–Trinajstić information content (AvgIpc) is 2.76. The number of hydrogen-bond acceptors (Lipinski definition) is 4. The summed E-state index contributed by atoms with van der Waals surface area (Å²) in [7, 11) is 0. The van der Waals surface area contributed by atoms with Crippen molar-refractivity contribution in [3.63, 3.8) is 0 Å². The highest BCUT2D eigenvalue weighted by atomic mass is 16.1. The average molecular weight is 419 g/mol. The van der Waals surface area contributed by atoms with Gasteiger partial charge < -0.3 is 0 Å². The van der Waals surface area contributed by atoms with Gasteiger partial charge in [-0.15, -0.1) is 0 Å². The summed E-state index contributed by atoms with van der Waals surface area (Å²) in [6.45, 7) is 1.32. The van der Waals surface area contributed by atoms with Crippen LogP contribution in [0.3, 0.4) is 0 Å². The molecule has 2 atom stereocenters. The molecule has 30 heavy (non-hydrogen) atoms. The fraction of sp³-hybridized carbons (Fsp3) is 0.923. The van der Waals surface area contributed by atoms with Gasteiger partial charge in [-0.05, 0) is 31.1 Å². The molecule has 172 valence electrons. The van der Waals surface area contributed by atoms with Crippen molar-refractivity contribution in [3.8, 4) is 0 Å². The zero-order valence-electron chi connectivity index (χ0n) is 19.4. The molecule has 1 saturated carbocycles. The summed E-state index contributed by atoms with van der Waals surface area (Å²) in [5.41, 5.74) is 0. The van der Waals surface area contributed by atoms with Crippen LogP contribution in [0.1, 0.15) is 128 Å². The first-order valence-electron chi connectivity index (χ1n) is 12.9. The van der Waals surface area contributed by atoms with Gasteiger partial charge in [0, 0.05) is 0 Å². The maximum Gasteiger partial charge on any atom is 0.234 e. The topological polar surface area (TPSA) is 58.9 Å². The van der Waals surface area contributed by atoms with Gasteiger partial charge in [-0.2, -0.15) is 0 Å². The molecule has 0 aromatic carbocycles. The minimum atomic E-state index is 0.658. The van der Waals surface area contributed by atoms with Crippen molar-refractivity contribution in [2.45, 2.75) is 128 Å². The Morgan fingerprint density at radius 1 is 0.533 bits per heavy atom. The standard InChI is InChI=1S/C26H46N2O2/c29-23-27-20-13-9-5-1-3-7-11-16-25-18-15-19-26(22-25)17-12-8-4-2-6-10-14-21-28-24-30/h25-26H,1-22H2. The third kappa shape index (κ3) is 16.5. The SMILES string of the molecule is O=C=NCCCCCCCCCC1CCCC(CCCCCCCCCN=C=O)C1. The second kappa shape index (κ2) is 21.0. The smallest absolute Gasteiger partial charge is 0.211 e. The molecule has 4 heteroatoms. The lowest BCUT2D eigenvalue weighted by molar-refractivity contribution is 0.235. The molecule has 0 radical (unpaired) electrons. The fourth-order valence-corrected chi connectivity index (χ4v) is 5.03. The van der Waals surface area contributed by atoms with E-state index in [-0.39, 0.29) is 0 Å². The lowest BCUT2D eigenvalue weighted by Crippen LogP contribution is -2.15. The summed E-state index contributed by atoms with van der Waals surface area (Å²) in [6, 6.07) is 0. The highest BCUT2D eigenvalue weighted by molar-refractivity contribution is 5.32. The molecule has 0 heterocycles. The fourth-order valence-electron chi connectivity index (χ4n) is 5.03. The molecular weight excluding hydrogens is 372 g/mol. The van der Waals surface area contributed by atoms with Gasteiger partial charge in [0.1, 0.15) is 0 Å². The van der Waals surface area contributed by atoms with E-state index < -0.39 is 0 Å². The quantitative estimate of drug-likeness (QED) is 0.115. The molecule has 0 N–H and O–H groups in total. The Morgan fingerprint density at radius 2 is 0.900 bits per heavy atom. The van der Waals surface area contributed by atoms with Gasteiger partial charge >= 0.3 is 0 Å². The number of nitrogens with zero attached hydrogens (tertiary/aromatic N) is 2. The summed E-state index contributed by atoms with van der Waals surface area (Å²) >= 11 is 0. The Kier molecular flexibility index (Phi) is 18.8. The van der Waals surface area contributed by atoms with E-state index in [4.69, 9.17) is 0 Å². The number of unbranched alkanes of at least 4 members (excludes halogenated alkanes) is 12. The Balaban J connectivity index is 1.89. The van der Waals surface area contributed by atoms with Crippen LogP contribution in [-0.4, -0.2) is 25.2 Å². The molecule has 1 fully saturated rings. The van der Waals surface area contributed by atoms with Crippen molar-refractivity contribution >= 4 is 12.2 Å². The van der Waals surface area contributed by atoms with Crippen LogP contribution in [0, 0.1) is 11.8 Å². The van der Waals surface area contributed by atoms with Crippen LogP contribution >= 0.6 is 0 Å². The molecule has 0 saturated heterocycles. The molecule has 1 aliphatic carbocycles. The number of rotatable bonds is 20. The summed E-state index contributed by atoms with van der Waals surface area (Å²) in [6.07, 6.45) is 30.2. The van der Waals surface area contributed by atoms with Gasteiger partial charge in [0.05, 0.1) is 13.1 Å². The van der Waals surface area contributed by atoms with Crippen LogP contribution in [0.5, 0.6) is 0 Å². The number of hydrogen-bond donors (Lipinski definition) is 0. The van der Waals surface area contributed by atoms with Gasteiger partial charge in [0.2, 0.25) is 12.2 Å². The predicted molar refractivity (Wildman–Crippen MR) is 125 cm³/mol. The van der Waals surface area contributed by atoms with Crippen molar-refractivity contribution in [1.29, 1.82) is 0 Å². The van der Waals surface area contributed by atoms with E-state index in [0.717, 1.165) is 24.7 Å². The van der Waals surface area contributed by atoms with Crippen molar-refractivity contribution in [1.82, 2.24) is 0 Å². The predicted octanol–water partition coefficient (Wildman–Crippen LogP) is 7.71. The Bertz CT molecular complexity index is 439. The van der Waals surface area contributed by atoms with Gasteiger partial charge in [-0.1, -0.05) is 109 Å². The van der Waals surface area contributed by atoms with Crippen molar-refractivity contribution in [2.75, 3.05) is 13.1 Å². The third-order valence-corrected chi connectivity index (χ3v) is 6.79. The van der Waals surface area contributed by atoms with E-state index in [1.54, 1.807) is 12.2 Å². The normalized spacial score (nSPS) is 18.5. The molecule has 2 unspecified atom stereocenters. The molecule has 0 bridgehead atoms. The van der Waals surface area contributed by atoms with E-state index >= 15 is 0 Å². The first kappa shape index (κ1) is 26.8. The van der Waals surface area contributed by atoms with E-state index in [1.165, 1.54) is 116 Å². The van der Waals surface area contributed by atoms with Crippen molar-refractivity contribution in [3.05, 3.63) is 0 Å². The molecule has 0 amide bonds. The zero-order chi connectivity index (χ0) is 21.5. The van der Waals surface area contributed by atoms with Gasteiger partial charge in [0.15, 0.2) is 0 Å². The van der Waals surface area contributed by atoms with Gasteiger partial charge in [0.25, 0.3) is 0 Å². The highest BCUT2D eigenvalue weighted by Gasteiger charge is 2.21. The van der Waals surface area contributed by atoms with E-state index in [9.17, 15) is 9.59 Å². The van der Waals surface area contributed by atoms with E-state index in [0.29, 0.717) is 13.1 Å². The molecule has 1 aliphatic rings. The lowest BCUT2D eigenvalue weighted by Gasteiger charge is -2.29. The largest absolute Gasteiger partial charge is 0.234 e. The monoisotopic (exact) mass is 418 g/mol. The first-order chi connectivity index (χ1) is 14.9. The molecule has 0 spiro atoms. The lowest BCUT2D eigenvalue weighted by atomic mass is 9.77. The van der Waals surface area contributed by atoms with Crippen LogP contribution in [0.4, 0.5) is 0 Å². The summed E-state index contributed by atoms with van der Waals surface area (Å²) in [5, 5.41) is 0. The second-order valence-corrected chi connectivity index (χ2v) is 9.37. The maximum absolute atomic E-state index is 9.99. The minimum Gasteiger partial charge on any atom is -0.211 e. The van der Waals surface area contributed by atoms with E-state index in [2.05, 4.69) is 9.98 Å². The number of carbonyl (C=O) groups excluding carboxylic acids is 2. The molecule has 0 aromatic rings. The highest BCUT2D eigenvalue weighted by Crippen LogP contribution is 2.35. The van der Waals surface area contributed by atoms with Gasteiger partial charge in [-0.3, -0.25) is 0 Å². The second-order valence-electron chi connectivity index (χ2n) is 9.37.